The van der Waals surface area contributed by atoms with E-state index in [0.29, 0.717) is 13.0 Å². The summed E-state index contributed by atoms with van der Waals surface area (Å²) in [5, 5.41) is 1.09. The van der Waals surface area contributed by atoms with Crippen molar-refractivity contribution in [1.29, 1.82) is 0 Å². The van der Waals surface area contributed by atoms with Crippen LogP contribution in [0.1, 0.15) is 6.42 Å². The van der Waals surface area contributed by atoms with Crippen molar-refractivity contribution in [2.45, 2.75) is 11.3 Å². The van der Waals surface area contributed by atoms with Crippen LogP contribution in [0.3, 0.4) is 0 Å². The molecule has 5 nitrogen and oxygen atoms in total. The Morgan fingerprint density at radius 3 is 3.10 bits per heavy atom. The predicted molar refractivity (Wildman–Crippen MR) is 81.5 cm³/mol. The molecule has 1 atom stereocenters. The zero-order valence-corrected chi connectivity index (χ0v) is 11.9. The number of carbonyl (C=O) groups is 1. The van der Waals surface area contributed by atoms with E-state index in [1.54, 1.807) is 11.8 Å². The topological polar surface area (TPSA) is 61.9 Å². The summed E-state index contributed by atoms with van der Waals surface area (Å²) < 4.78 is 0. The normalized spacial score (nSPS) is 24.1. The lowest BCUT2D eigenvalue weighted by Gasteiger charge is -2.19. The highest BCUT2D eigenvalue weighted by atomic mass is 32.2. The largest absolute Gasteiger partial charge is 0.330 e. The van der Waals surface area contributed by atoms with Crippen molar-refractivity contribution >= 4 is 34.2 Å². The summed E-state index contributed by atoms with van der Waals surface area (Å²) in [6.45, 7) is 3.12. The molecule has 0 aliphatic carbocycles. The average Bonchev–Trinajstić information content (AvgIpc) is 3.11. The maximum absolute atomic E-state index is 12.1. The standard InChI is InChI=1S/C14H16N4OS/c15-7-9-5-13(19)18(8-9)10-1-2-12-11(6-10)17-4-3-16-14(17)20-12/h1-2,6,9H,3-5,7-8,15H2. The van der Waals surface area contributed by atoms with E-state index >= 15 is 0 Å². The number of thioether (sulfide) groups is 1. The lowest BCUT2D eigenvalue weighted by molar-refractivity contribution is -0.117. The Morgan fingerprint density at radius 1 is 1.40 bits per heavy atom. The van der Waals surface area contributed by atoms with Gasteiger partial charge in [-0.25, -0.2) is 0 Å². The van der Waals surface area contributed by atoms with Gasteiger partial charge in [-0.05, 0) is 42.4 Å². The molecule has 0 bridgehead atoms. The average molecular weight is 288 g/mol. The number of anilines is 2. The molecule has 0 aromatic heterocycles. The van der Waals surface area contributed by atoms with Crippen LogP contribution in [0.25, 0.3) is 0 Å². The smallest absolute Gasteiger partial charge is 0.227 e. The van der Waals surface area contributed by atoms with E-state index in [0.717, 1.165) is 30.5 Å². The quantitative estimate of drug-likeness (QED) is 0.890. The highest BCUT2D eigenvalue weighted by Crippen LogP contribution is 2.44. The van der Waals surface area contributed by atoms with E-state index in [2.05, 4.69) is 22.0 Å². The second-order valence-corrected chi connectivity index (χ2v) is 6.39. The molecule has 4 rings (SSSR count). The third-order valence-electron chi connectivity index (χ3n) is 4.09. The first-order valence-electron chi connectivity index (χ1n) is 6.90. The summed E-state index contributed by atoms with van der Waals surface area (Å²) in [4.78, 5) is 21.9. The van der Waals surface area contributed by atoms with Gasteiger partial charge < -0.3 is 15.5 Å². The second kappa shape index (κ2) is 4.49. The zero-order valence-electron chi connectivity index (χ0n) is 11.1. The second-order valence-electron chi connectivity index (χ2n) is 5.38. The fraction of sp³-hybridized carbons (Fsp3) is 0.429. The Morgan fingerprint density at radius 2 is 2.30 bits per heavy atom. The Labute approximate surface area is 121 Å². The first-order chi connectivity index (χ1) is 9.76. The number of fused-ring (bicyclic) bond motifs is 3. The molecule has 1 aromatic carbocycles. The van der Waals surface area contributed by atoms with Gasteiger partial charge in [0.25, 0.3) is 0 Å². The van der Waals surface area contributed by atoms with Crippen LogP contribution in [0.5, 0.6) is 0 Å². The Hall–Kier alpha value is -1.53. The Bertz CT molecular complexity index is 615. The van der Waals surface area contributed by atoms with Gasteiger partial charge in [0, 0.05) is 30.1 Å². The van der Waals surface area contributed by atoms with Gasteiger partial charge in [0.05, 0.1) is 12.2 Å². The van der Waals surface area contributed by atoms with Crippen LogP contribution in [-0.4, -0.2) is 37.3 Å². The molecule has 1 unspecified atom stereocenters. The van der Waals surface area contributed by atoms with E-state index < -0.39 is 0 Å². The molecule has 1 amide bonds. The monoisotopic (exact) mass is 288 g/mol. The number of amidine groups is 1. The van der Waals surface area contributed by atoms with Crippen molar-refractivity contribution in [3.8, 4) is 0 Å². The summed E-state index contributed by atoms with van der Waals surface area (Å²) >= 11 is 1.72. The van der Waals surface area contributed by atoms with E-state index in [-0.39, 0.29) is 11.8 Å². The number of hydrogen-bond acceptors (Lipinski definition) is 5. The SMILES string of the molecule is NCC1CC(=O)N(c2ccc3c(c2)N2CCN=C2S3)C1. The number of aliphatic imine (C=N–C) groups is 1. The van der Waals surface area contributed by atoms with Gasteiger partial charge in [0.2, 0.25) is 5.91 Å². The van der Waals surface area contributed by atoms with Crippen molar-refractivity contribution in [2.24, 2.45) is 16.6 Å². The summed E-state index contributed by atoms with van der Waals surface area (Å²) in [6, 6.07) is 6.25. The van der Waals surface area contributed by atoms with E-state index in [1.165, 1.54) is 10.6 Å². The number of nitrogens with zero attached hydrogens (tertiary/aromatic N) is 3. The molecule has 3 aliphatic heterocycles. The summed E-state index contributed by atoms with van der Waals surface area (Å²) in [7, 11) is 0. The summed E-state index contributed by atoms with van der Waals surface area (Å²) in [5.74, 6) is 0.468. The molecule has 0 saturated carbocycles. The van der Waals surface area contributed by atoms with Crippen molar-refractivity contribution < 1.29 is 4.79 Å². The van der Waals surface area contributed by atoms with Gasteiger partial charge in [-0.1, -0.05) is 0 Å². The minimum Gasteiger partial charge on any atom is -0.330 e. The minimum absolute atomic E-state index is 0.182. The van der Waals surface area contributed by atoms with Gasteiger partial charge in [-0.3, -0.25) is 9.79 Å². The molecule has 1 fully saturated rings. The lowest BCUT2D eigenvalue weighted by Crippen LogP contribution is -2.26. The molecular weight excluding hydrogens is 272 g/mol. The van der Waals surface area contributed by atoms with Crippen molar-refractivity contribution in [1.82, 2.24) is 0 Å². The van der Waals surface area contributed by atoms with E-state index in [9.17, 15) is 4.79 Å². The number of hydrogen-bond donors (Lipinski definition) is 1. The number of amides is 1. The maximum Gasteiger partial charge on any atom is 0.227 e. The van der Waals surface area contributed by atoms with E-state index in [4.69, 9.17) is 5.73 Å². The predicted octanol–water partition coefficient (Wildman–Crippen LogP) is 1.28. The lowest BCUT2D eigenvalue weighted by atomic mass is 10.1. The molecule has 104 valence electrons. The van der Waals surface area contributed by atoms with Crippen molar-refractivity contribution in [3.63, 3.8) is 0 Å². The first-order valence-corrected chi connectivity index (χ1v) is 7.72. The number of nitrogens with two attached hydrogens (primary N) is 1. The fourth-order valence-electron chi connectivity index (χ4n) is 3.00. The molecule has 3 aliphatic rings. The summed E-state index contributed by atoms with van der Waals surface area (Å²) in [6.07, 6.45) is 0.568. The number of rotatable bonds is 2. The maximum atomic E-state index is 12.1. The third kappa shape index (κ3) is 1.75. The number of carbonyl (C=O) groups excluding carboxylic acids is 1. The Balaban J connectivity index is 1.67. The van der Waals surface area contributed by atoms with Gasteiger partial charge in [-0.15, -0.1) is 0 Å². The molecule has 6 heteroatoms. The van der Waals surface area contributed by atoms with Crippen LogP contribution in [0.2, 0.25) is 0 Å². The minimum atomic E-state index is 0.182. The molecule has 20 heavy (non-hydrogen) atoms. The Kier molecular flexibility index (Phi) is 2.75. The van der Waals surface area contributed by atoms with Crippen LogP contribution >= 0.6 is 11.8 Å². The molecule has 1 saturated heterocycles. The third-order valence-corrected chi connectivity index (χ3v) is 5.18. The molecule has 3 heterocycles. The van der Waals surface area contributed by atoms with Crippen LogP contribution in [0, 0.1) is 5.92 Å². The zero-order chi connectivity index (χ0) is 13.7. The van der Waals surface area contributed by atoms with Crippen LogP contribution in [-0.2, 0) is 4.79 Å². The van der Waals surface area contributed by atoms with Gasteiger partial charge in [0.15, 0.2) is 5.17 Å². The van der Waals surface area contributed by atoms with Gasteiger partial charge >= 0.3 is 0 Å². The van der Waals surface area contributed by atoms with Crippen molar-refractivity contribution in [3.05, 3.63) is 18.2 Å². The number of benzene rings is 1. The fourth-order valence-corrected chi connectivity index (χ4v) is 4.06. The van der Waals surface area contributed by atoms with Crippen LogP contribution in [0.15, 0.2) is 28.1 Å². The highest BCUT2D eigenvalue weighted by Gasteiger charge is 2.33. The molecule has 1 aromatic rings. The van der Waals surface area contributed by atoms with Crippen LogP contribution in [0.4, 0.5) is 11.4 Å². The van der Waals surface area contributed by atoms with E-state index in [1.807, 2.05) is 11.0 Å². The molecule has 2 N–H and O–H groups in total. The van der Waals surface area contributed by atoms with Crippen LogP contribution < -0.4 is 15.5 Å². The first kappa shape index (κ1) is 12.2. The summed E-state index contributed by atoms with van der Waals surface area (Å²) in [5.41, 5.74) is 7.86. The molecule has 0 radical (unpaired) electrons. The highest BCUT2D eigenvalue weighted by molar-refractivity contribution is 8.14. The molecular formula is C14H16N4OS. The molecule has 0 spiro atoms. The van der Waals surface area contributed by atoms with Gasteiger partial charge in [-0.2, -0.15) is 0 Å². The van der Waals surface area contributed by atoms with Gasteiger partial charge in [0.1, 0.15) is 0 Å². The van der Waals surface area contributed by atoms with Crippen molar-refractivity contribution in [2.75, 3.05) is 36.0 Å².